The fourth-order valence-electron chi connectivity index (χ4n) is 2.23. The second-order valence-corrected chi connectivity index (χ2v) is 8.32. The molecule has 0 atom stereocenters. The molecule has 0 saturated carbocycles. The molecule has 144 valence electrons. The first-order valence-corrected chi connectivity index (χ1v) is 10.4. The summed E-state index contributed by atoms with van der Waals surface area (Å²) in [5, 5.41) is 4.93. The number of nitrogens with zero attached hydrogens (tertiary/aromatic N) is 1. The van der Waals surface area contributed by atoms with E-state index in [0.29, 0.717) is 22.4 Å². The zero-order valence-corrected chi connectivity index (χ0v) is 16.9. The molecule has 3 aromatic carbocycles. The van der Waals surface area contributed by atoms with E-state index in [0.717, 1.165) is 11.1 Å². The van der Waals surface area contributed by atoms with Gasteiger partial charge >= 0.3 is 0 Å². The number of sulfonamides is 1. The number of hydrogen-bond acceptors (Lipinski definition) is 4. The first-order valence-electron chi connectivity index (χ1n) is 8.20. The normalized spacial score (nSPS) is 11.5. The van der Waals surface area contributed by atoms with Gasteiger partial charge in [0.05, 0.1) is 11.1 Å². The summed E-state index contributed by atoms with van der Waals surface area (Å²) in [6.45, 7) is 0.422. The van der Waals surface area contributed by atoms with E-state index in [1.54, 1.807) is 24.3 Å². The van der Waals surface area contributed by atoms with Crippen LogP contribution in [-0.4, -0.2) is 14.6 Å². The summed E-state index contributed by atoms with van der Waals surface area (Å²) < 4.78 is 30.0. The summed E-state index contributed by atoms with van der Waals surface area (Å²) in [5.41, 5.74) is 1.73. The smallest absolute Gasteiger partial charge is 0.276 e. The van der Waals surface area contributed by atoms with Crippen molar-refractivity contribution in [3.63, 3.8) is 0 Å². The number of nitrogens with one attached hydrogen (secondary N) is 1. The number of rotatable bonds is 7. The predicted molar refractivity (Wildman–Crippen MR) is 112 cm³/mol. The molecule has 28 heavy (non-hydrogen) atoms. The highest BCUT2D eigenvalue weighted by molar-refractivity contribution is 7.89. The van der Waals surface area contributed by atoms with Crippen LogP contribution in [0.1, 0.15) is 11.1 Å². The molecule has 3 aromatic rings. The molecule has 1 N–H and O–H groups in total. The quantitative estimate of drug-likeness (QED) is 0.425. The second kappa shape index (κ2) is 9.10. The van der Waals surface area contributed by atoms with Gasteiger partial charge in [-0.2, -0.15) is 13.5 Å². The molecule has 0 radical (unpaired) electrons. The van der Waals surface area contributed by atoms with Crippen molar-refractivity contribution in [2.24, 2.45) is 5.10 Å². The molecule has 8 heteroatoms. The summed E-state index contributed by atoms with van der Waals surface area (Å²) in [5.74, 6) is 0.689. The van der Waals surface area contributed by atoms with Gasteiger partial charge in [-0.15, -0.1) is 0 Å². The Hall–Kier alpha value is -2.54. The Balaban J connectivity index is 1.56. The number of halogens is 2. The molecule has 3 rings (SSSR count). The van der Waals surface area contributed by atoms with Crippen LogP contribution in [-0.2, 0) is 16.6 Å². The van der Waals surface area contributed by atoms with Gasteiger partial charge in [-0.25, -0.2) is 4.83 Å². The molecule has 0 heterocycles. The van der Waals surface area contributed by atoms with Crippen molar-refractivity contribution in [2.45, 2.75) is 11.5 Å². The van der Waals surface area contributed by atoms with Gasteiger partial charge < -0.3 is 4.74 Å². The van der Waals surface area contributed by atoms with Gasteiger partial charge in [-0.05, 0) is 71.8 Å². The van der Waals surface area contributed by atoms with Crippen LogP contribution < -0.4 is 9.57 Å². The highest BCUT2D eigenvalue weighted by Gasteiger charge is 2.11. The molecule has 0 aromatic heterocycles. The molecule has 0 bridgehead atoms. The minimum absolute atomic E-state index is 0.0833. The monoisotopic (exact) mass is 434 g/mol. The fourth-order valence-corrected chi connectivity index (χ4v) is 3.28. The summed E-state index contributed by atoms with van der Waals surface area (Å²) in [6, 6.07) is 20.4. The van der Waals surface area contributed by atoms with Gasteiger partial charge in [0.1, 0.15) is 12.4 Å². The lowest BCUT2D eigenvalue weighted by molar-refractivity contribution is 0.306. The maximum Gasteiger partial charge on any atom is 0.276 e. The number of benzene rings is 3. The summed E-state index contributed by atoms with van der Waals surface area (Å²) in [7, 11) is -3.74. The summed E-state index contributed by atoms with van der Waals surface area (Å²) >= 11 is 11.6. The standard InChI is InChI=1S/C20H16Cl2N2O3S/c21-17-5-1-16(2-6-17)14-27-19-9-3-15(4-10-19)13-23-24-28(25,26)20-11-7-18(22)8-12-20/h1-13,24H,14H2/b23-13+. The third-order valence-electron chi connectivity index (χ3n) is 3.71. The lowest BCUT2D eigenvalue weighted by Crippen LogP contribution is -2.18. The van der Waals surface area contributed by atoms with Crippen molar-refractivity contribution in [3.05, 3.63) is 94.0 Å². The molecular formula is C20H16Cl2N2O3S. The maximum atomic E-state index is 12.1. The van der Waals surface area contributed by atoms with E-state index >= 15 is 0 Å². The van der Waals surface area contributed by atoms with Crippen LogP contribution >= 0.6 is 23.2 Å². The third kappa shape index (κ3) is 5.73. The first kappa shape index (κ1) is 20.2. The molecule has 0 unspecified atom stereocenters. The van der Waals surface area contributed by atoms with Gasteiger partial charge in [0.15, 0.2) is 0 Å². The predicted octanol–water partition coefficient (Wildman–Crippen LogP) is 4.88. The molecule has 5 nitrogen and oxygen atoms in total. The van der Waals surface area contributed by atoms with Crippen LogP contribution in [0.15, 0.2) is 82.8 Å². The molecule has 0 aliphatic rings. The number of hydrazone groups is 1. The highest BCUT2D eigenvalue weighted by atomic mass is 35.5. The van der Waals surface area contributed by atoms with Crippen molar-refractivity contribution < 1.29 is 13.2 Å². The largest absolute Gasteiger partial charge is 0.489 e. The van der Waals surface area contributed by atoms with E-state index in [4.69, 9.17) is 27.9 Å². The van der Waals surface area contributed by atoms with Crippen molar-refractivity contribution >= 4 is 39.4 Å². The SMILES string of the molecule is O=S(=O)(N/N=C/c1ccc(OCc2ccc(Cl)cc2)cc1)c1ccc(Cl)cc1. The summed E-state index contributed by atoms with van der Waals surface area (Å²) in [6.07, 6.45) is 1.41. The van der Waals surface area contributed by atoms with Crippen LogP contribution in [0.4, 0.5) is 0 Å². The van der Waals surface area contributed by atoms with E-state index in [9.17, 15) is 8.42 Å². The molecule has 0 aliphatic heterocycles. The first-order chi connectivity index (χ1) is 13.4. The van der Waals surface area contributed by atoms with Crippen molar-refractivity contribution in [1.29, 1.82) is 0 Å². The zero-order valence-electron chi connectivity index (χ0n) is 14.5. The lowest BCUT2D eigenvalue weighted by atomic mass is 10.2. The van der Waals surface area contributed by atoms with Gasteiger partial charge in [-0.1, -0.05) is 35.3 Å². The minimum Gasteiger partial charge on any atom is -0.489 e. The Morgan fingerprint density at radius 3 is 2.04 bits per heavy atom. The van der Waals surface area contributed by atoms with Crippen molar-refractivity contribution in [2.75, 3.05) is 0 Å². The molecule has 0 fully saturated rings. The van der Waals surface area contributed by atoms with E-state index in [-0.39, 0.29) is 4.90 Å². The molecule has 0 spiro atoms. The lowest BCUT2D eigenvalue weighted by Gasteiger charge is -2.06. The molecular weight excluding hydrogens is 419 g/mol. The summed E-state index contributed by atoms with van der Waals surface area (Å²) in [4.78, 5) is 2.25. The van der Waals surface area contributed by atoms with Crippen LogP contribution in [0.5, 0.6) is 5.75 Å². The third-order valence-corrected chi connectivity index (χ3v) is 5.45. The van der Waals surface area contributed by atoms with Gasteiger partial charge in [0.2, 0.25) is 0 Å². The molecule has 0 aliphatic carbocycles. The van der Waals surface area contributed by atoms with Crippen molar-refractivity contribution in [3.8, 4) is 5.75 Å². The van der Waals surface area contributed by atoms with E-state index in [1.807, 2.05) is 24.3 Å². The average molecular weight is 435 g/mol. The highest BCUT2D eigenvalue weighted by Crippen LogP contribution is 2.16. The Morgan fingerprint density at radius 2 is 1.43 bits per heavy atom. The minimum atomic E-state index is -3.74. The second-order valence-electron chi connectivity index (χ2n) is 5.79. The topological polar surface area (TPSA) is 67.8 Å². The van der Waals surface area contributed by atoms with Crippen molar-refractivity contribution in [1.82, 2.24) is 4.83 Å². The van der Waals surface area contributed by atoms with Crippen LogP contribution in [0, 0.1) is 0 Å². The zero-order chi connectivity index (χ0) is 20.0. The van der Waals surface area contributed by atoms with Gasteiger partial charge in [-0.3, -0.25) is 0 Å². The Bertz CT molecular complexity index is 1050. The fraction of sp³-hybridized carbons (Fsp3) is 0.0500. The number of hydrogen-bond donors (Lipinski definition) is 1. The van der Waals surface area contributed by atoms with Gasteiger partial charge in [0.25, 0.3) is 10.0 Å². The van der Waals surface area contributed by atoms with E-state index in [2.05, 4.69) is 9.93 Å². The molecule has 0 amide bonds. The van der Waals surface area contributed by atoms with Crippen LogP contribution in [0.2, 0.25) is 10.0 Å². The van der Waals surface area contributed by atoms with Gasteiger partial charge in [0, 0.05) is 10.0 Å². The Labute approximate surface area is 173 Å². The number of ether oxygens (including phenoxy) is 1. The van der Waals surface area contributed by atoms with E-state index < -0.39 is 10.0 Å². The average Bonchev–Trinajstić information content (AvgIpc) is 2.69. The maximum absolute atomic E-state index is 12.1. The Morgan fingerprint density at radius 1 is 0.857 bits per heavy atom. The Kier molecular flexibility index (Phi) is 6.57. The van der Waals surface area contributed by atoms with Crippen LogP contribution in [0.25, 0.3) is 0 Å². The van der Waals surface area contributed by atoms with Crippen LogP contribution in [0.3, 0.4) is 0 Å². The van der Waals surface area contributed by atoms with E-state index in [1.165, 1.54) is 30.5 Å². The molecule has 0 saturated heterocycles.